The maximum atomic E-state index is 12.9. The molecular formula is C28H43N4O20P-2. The van der Waals surface area contributed by atoms with Crippen molar-refractivity contribution in [1.82, 2.24) is 14.9 Å². The van der Waals surface area contributed by atoms with E-state index < -0.39 is 143 Å². The summed E-state index contributed by atoms with van der Waals surface area (Å²) in [6.07, 6.45) is -21.5. The molecule has 0 bridgehead atoms. The van der Waals surface area contributed by atoms with E-state index in [1.807, 2.05) is 0 Å². The van der Waals surface area contributed by atoms with E-state index in [0.29, 0.717) is 0 Å². The maximum Gasteiger partial charge on any atom is 0.351 e. The number of carboxylic acid groups (broad SMARTS) is 1. The van der Waals surface area contributed by atoms with Gasteiger partial charge in [-0.2, -0.15) is 4.98 Å². The summed E-state index contributed by atoms with van der Waals surface area (Å²) in [6.45, 7) is 0.262. The van der Waals surface area contributed by atoms with Crippen LogP contribution < -0.4 is 26.7 Å². The number of hydrogen-bond donors (Lipinski definition) is 10. The largest absolute Gasteiger partial charge is 0.756 e. The van der Waals surface area contributed by atoms with Gasteiger partial charge in [0.1, 0.15) is 61.1 Å². The van der Waals surface area contributed by atoms with Gasteiger partial charge in [0.15, 0.2) is 12.5 Å². The zero-order chi connectivity index (χ0) is 39.6. The number of anilines is 1. The topological polar surface area (TPSA) is 387 Å². The van der Waals surface area contributed by atoms with Crippen LogP contribution in [0.2, 0.25) is 0 Å². The number of rotatable bonds is 15. The molecule has 11 N–H and O–H groups in total. The Morgan fingerprint density at radius 3 is 2.40 bits per heavy atom. The molecule has 0 radical (unpaired) electrons. The number of nitrogens with one attached hydrogen (secondary N) is 1. The van der Waals surface area contributed by atoms with E-state index >= 15 is 0 Å². The van der Waals surface area contributed by atoms with E-state index in [1.54, 1.807) is 6.92 Å². The van der Waals surface area contributed by atoms with Crippen molar-refractivity contribution >= 4 is 25.5 Å². The number of aliphatic hydroxyl groups is 8. The summed E-state index contributed by atoms with van der Waals surface area (Å²) in [7, 11) is -5.83. The summed E-state index contributed by atoms with van der Waals surface area (Å²) in [6, 6.07) is 1.18. The highest BCUT2D eigenvalue weighted by molar-refractivity contribution is 7.45. The summed E-state index contributed by atoms with van der Waals surface area (Å²) in [4.78, 5) is 53.1. The van der Waals surface area contributed by atoms with Crippen molar-refractivity contribution in [1.29, 1.82) is 0 Å². The van der Waals surface area contributed by atoms with E-state index in [2.05, 4.69) is 10.3 Å². The van der Waals surface area contributed by atoms with Crippen molar-refractivity contribution in [3.05, 3.63) is 22.7 Å². The number of carbonyl (C=O) groups excluding carboxylic acids is 2. The Morgan fingerprint density at radius 1 is 1.11 bits per heavy atom. The molecule has 1 aromatic rings. The minimum absolute atomic E-state index is 0.157. The lowest BCUT2D eigenvalue weighted by Gasteiger charge is -2.49. The number of aliphatic hydroxyl groups excluding tert-OH is 8. The predicted octanol–water partition coefficient (Wildman–Crippen LogP) is -7.75. The molecule has 4 rings (SSSR count). The van der Waals surface area contributed by atoms with Crippen molar-refractivity contribution in [3.63, 3.8) is 0 Å². The number of nitrogen functional groups attached to an aromatic ring is 1. The van der Waals surface area contributed by atoms with Crippen LogP contribution in [0.25, 0.3) is 0 Å². The molecule has 1 aromatic heterocycles. The molecule has 1 amide bonds. The molecule has 0 saturated carbocycles. The average Bonchev–Trinajstić information content (AvgIpc) is 3.38. The molecule has 53 heavy (non-hydrogen) atoms. The van der Waals surface area contributed by atoms with Gasteiger partial charge < -0.3 is 90.2 Å². The number of carboxylic acids is 1. The Bertz CT molecular complexity index is 1540. The summed E-state index contributed by atoms with van der Waals surface area (Å²) in [5, 5.41) is 97.4. The molecule has 16 atom stereocenters. The molecule has 0 aliphatic carbocycles. The highest BCUT2D eigenvalue weighted by Crippen LogP contribution is 2.49. The van der Waals surface area contributed by atoms with Gasteiger partial charge in [0.2, 0.25) is 11.7 Å². The molecule has 3 fully saturated rings. The number of hydrogen-bond acceptors (Lipinski definition) is 22. The van der Waals surface area contributed by atoms with E-state index in [0.717, 1.165) is 10.8 Å². The number of phosphoric ester groups is 1. The van der Waals surface area contributed by atoms with Crippen molar-refractivity contribution in [3.8, 4) is 0 Å². The molecular weight excluding hydrogens is 743 g/mol. The van der Waals surface area contributed by atoms with Crippen molar-refractivity contribution < 1.29 is 93.0 Å². The van der Waals surface area contributed by atoms with Crippen LogP contribution in [-0.2, 0) is 42.1 Å². The van der Waals surface area contributed by atoms with Crippen LogP contribution in [-0.4, -0.2) is 161 Å². The van der Waals surface area contributed by atoms with Crippen LogP contribution in [0.15, 0.2) is 17.1 Å². The van der Waals surface area contributed by atoms with Crippen molar-refractivity contribution in [2.75, 3.05) is 25.5 Å². The first kappa shape index (κ1) is 43.0. The molecule has 11 unspecified atom stereocenters. The Kier molecular flexibility index (Phi) is 14.1. The summed E-state index contributed by atoms with van der Waals surface area (Å²) in [5.74, 6) is -7.97. The van der Waals surface area contributed by atoms with Gasteiger partial charge >= 0.3 is 5.69 Å². The van der Waals surface area contributed by atoms with E-state index in [1.165, 1.54) is 13.0 Å². The fourth-order valence-electron chi connectivity index (χ4n) is 5.91. The third-order valence-electron chi connectivity index (χ3n) is 9.05. The molecule has 4 heterocycles. The van der Waals surface area contributed by atoms with Crippen molar-refractivity contribution in [2.24, 2.45) is 5.92 Å². The summed E-state index contributed by atoms with van der Waals surface area (Å²) < 4.78 is 44.2. The van der Waals surface area contributed by atoms with Crippen LogP contribution in [0, 0.1) is 5.92 Å². The Balaban J connectivity index is 1.35. The quantitative estimate of drug-likeness (QED) is 0.0738. The summed E-state index contributed by atoms with van der Waals surface area (Å²) in [5.41, 5.74) is 4.46. The number of carbonyl (C=O) groups is 2. The molecule has 3 saturated heterocycles. The molecule has 3 aliphatic rings. The molecule has 0 spiro atoms. The van der Waals surface area contributed by atoms with Gasteiger partial charge in [-0.3, -0.25) is 18.5 Å². The monoisotopic (exact) mass is 786 g/mol. The van der Waals surface area contributed by atoms with Gasteiger partial charge in [0.05, 0.1) is 31.0 Å². The van der Waals surface area contributed by atoms with Crippen LogP contribution in [0.4, 0.5) is 5.82 Å². The van der Waals surface area contributed by atoms with Crippen molar-refractivity contribution in [2.45, 2.75) is 112 Å². The second kappa shape index (κ2) is 17.4. The number of aromatic nitrogens is 2. The standard InChI is InChI=1S/C28H45N4O20P/c1-3-13-18(37)20(39)22(41)25(50-13)47-9-16(35)30-7-12(34)17(36)23-10(2)11(33)6-28(51-23,26(42)43)52-53(45,46)48-8-14-19(38)21(40)24(49-14)32-5-4-15(29)31-27(32)44/h4-5,10-14,17-25,33-34,36-41H,3,6-9H2,1-2H3,(H,30,35)(H,42,43)(H,45,46)(H2,29,31,44)/p-2/t10?,11?,12-,13?,14?,17-,18-,19?,20+,21?,22?,23?,24?,25+,28?/m1/s1. The lowest BCUT2D eigenvalue weighted by Crippen LogP contribution is -2.64. The van der Waals surface area contributed by atoms with Crippen LogP contribution in [0.3, 0.4) is 0 Å². The van der Waals surface area contributed by atoms with Crippen LogP contribution in [0.5, 0.6) is 0 Å². The second-order valence-electron chi connectivity index (χ2n) is 12.8. The van der Waals surface area contributed by atoms with E-state index in [9.17, 15) is 69.8 Å². The van der Waals surface area contributed by atoms with Gasteiger partial charge in [-0.25, -0.2) is 4.79 Å². The summed E-state index contributed by atoms with van der Waals surface area (Å²) >= 11 is 0. The lowest BCUT2D eigenvalue weighted by atomic mass is 9.84. The van der Waals surface area contributed by atoms with Gasteiger partial charge in [-0.05, 0) is 12.5 Å². The second-order valence-corrected chi connectivity index (χ2v) is 14.1. The first-order chi connectivity index (χ1) is 24.7. The van der Waals surface area contributed by atoms with Crippen LogP contribution in [0.1, 0.15) is 32.9 Å². The average molecular weight is 787 g/mol. The smallest absolute Gasteiger partial charge is 0.351 e. The minimum atomic E-state index is -5.83. The SMILES string of the molecule is CCC1O[C@H](OCC(=O)NC[C@@H](O)[C@@H](O)C2OC(OP(=O)([O-])OCC3OC(n4ccc(N)nc4=O)C(O)C3O)(C(=O)[O-])CC(O)C2C)C(O)[C@@H](O)[C@@H]1O. The van der Waals surface area contributed by atoms with Gasteiger partial charge in [0, 0.05) is 25.1 Å². The number of phosphoric acid groups is 1. The first-order valence-corrected chi connectivity index (χ1v) is 17.7. The van der Waals surface area contributed by atoms with E-state index in [4.69, 9.17) is 33.7 Å². The molecule has 25 heteroatoms. The Morgan fingerprint density at radius 2 is 1.77 bits per heavy atom. The fourth-order valence-corrected chi connectivity index (χ4v) is 6.85. The van der Waals surface area contributed by atoms with Gasteiger partial charge in [-0.15, -0.1) is 0 Å². The van der Waals surface area contributed by atoms with E-state index in [-0.39, 0.29) is 12.2 Å². The zero-order valence-electron chi connectivity index (χ0n) is 28.2. The third-order valence-corrected chi connectivity index (χ3v) is 10.0. The number of ether oxygens (including phenoxy) is 4. The fraction of sp³-hybridized carbons (Fsp3) is 0.786. The molecule has 0 aromatic carbocycles. The Labute approximate surface area is 299 Å². The van der Waals surface area contributed by atoms with Crippen LogP contribution >= 0.6 is 7.82 Å². The highest BCUT2D eigenvalue weighted by atomic mass is 31.2. The molecule has 24 nitrogen and oxygen atoms in total. The normalized spacial score (nSPS) is 38.5. The number of nitrogens with zero attached hydrogens (tertiary/aromatic N) is 2. The predicted molar refractivity (Wildman–Crippen MR) is 164 cm³/mol. The lowest BCUT2D eigenvalue weighted by molar-refractivity contribution is -0.380. The first-order valence-electron chi connectivity index (χ1n) is 16.3. The number of aliphatic carboxylic acids is 1. The zero-order valence-corrected chi connectivity index (χ0v) is 29.1. The van der Waals surface area contributed by atoms with Gasteiger partial charge in [-0.1, -0.05) is 13.8 Å². The minimum Gasteiger partial charge on any atom is -0.756 e. The molecule has 302 valence electrons. The van der Waals surface area contributed by atoms with Gasteiger partial charge in [0.25, 0.3) is 7.82 Å². The highest BCUT2D eigenvalue weighted by Gasteiger charge is 2.53. The third kappa shape index (κ3) is 9.74. The number of nitrogens with two attached hydrogens (primary N) is 1. The Hall–Kier alpha value is -2.75. The number of amides is 1. The molecule has 3 aliphatic heterocycles. The maximum absolute atomic E-state index is 12.9.